The Morgan fingerprint density at radius 3 is 2.41 bits per heavy atom. The second-order valence-electron chi connectivity index (χ2n) is 7.36. The zero-order valence-electron chi connectivity index (χ0n) is 19.5. The number of anilines is 1. The first-order valence-corrected chi connectivity index (χ1v) is 10.9. The molecule has 3 aromatic rings. The summed E-state index contributed by atoms with van der Waals surface area (Å²) in [7, 11) is 1.55. The molecular formula is C23H27N5O6. The van der Waals surface area contributed by atoms with E-state index in [1.165, 1.54) is 16.8 Å². The number of aromatic nitrogens is 3. The topological polar surface area (TPSA) is 131 Å². The van der Waals surface area contributed by atoms with Crippen molar-refractivity contribution < 1.29 is 23.9 Å². The Balaban J connectivity index is 1.94. The predicted octanol–water partition coefficient (Wildman–Crippen LogP) is 4.32. The van der Waals surface area contributed by atoms with E-state index in [4.69, 9.17) is 14.2 Å². The quantitative estimate of drug-likeness (QED) is 0.324. The molecule has 0 spiro atoms. The van der Waals surface area contributed by atoms with Crippen LogP contribution in [-0.4, -0.2) is 46.1 Å². The number of carbonyl (C=O) groups is 1. The van der Waals surface area contributed by atoms with Gasteiger partial charge in [0, 0.05) is 12.1 Å². The number of nitrogens with one attached hydrogen (secondary N) is 1. The molecule has 180 valence electrons. The number of nitrogens with zero attached hydrogens (tertiary/aromatic N) is 4. The van der Waals surface area contributed by atoms with Gasteiger partial charge in [-0.25, -0.2) is 4.68 Å². The van der Waals surface area contributed by atoms with Crippen molar-refractivity contribution in [1.82, 2.24) is 15.0 Å². The number of nitro benzene ring substituents is 1. The summed E-state index contributed by atoms with van der Waals surface area (Å²) >= 11 is 0. The summed E-state index contributed by atoms with van der Waals surface area (Å²) in [6, 6.07) is 9.78. The summed E-state index contributed by atoms with van der Waals surface area (Å²) in [6.07, 6.45) is 1.46. The summed E-state index contributed by atoms with van der Waals surface area (Å²) in [4.78, 5) is 24.1. The van der Waals surface area contributed by atoms with Gasteiger partial charge in [0.25, 0.3) is 11.6 Å². The molecule has 0 aliphatic carbocycles. The summed E-state index contributed by atoms with van der Waals surface area (Å²) < 4.78 is 18.1. The summed E-state index contributed by atoms with van der Waals surface area (Å²) in [5, 5.41) is 22.3. The molecule has 1 aromatic heterocycles. The molecule has 0 bridgehead atoms. The Hall–Kier alpha value is -4.15. The Bertz CT molecular complexity index is 1180. The van der Waals surface area contributed by atoms with Gasteiger partial charge < -0.3 is 19.5 Å². The van der Waals surface area contributed by atoms with E-state index in [2.05, 4.69) is 15.6 Å². The number of methoxy groups -OCH3 is 1. The second-order valence-corrected chi connectivity index (χ2v) is 7.36. The lowest BCUT2D eigenvalue weighted by atomic mass is 10.2. The zero-order chi connectivity index (χ0) is 24.7. The van der Waals surface area contributed by atoms with E-state index in [1.54, 1.807) is 38.3 Å². The van der Waals surface area contributed by atoms with Crippen molar-refractivity contribution in [2.75, 3.05) is 25.6 Å². The summed E-state index contributed by atoms with van der Waals surface area (Å²) in [5.74, 6) is 0.547. The van der Waals surface area contributed by atoms with Crippen molar-refractivity contribution in [3.63, 3.8) is 0 Å². The molecule has 0 atom stereocenters. The maximum Gasteiger partial charge on any atom is 0.296 e. The first-order valence-electron chi connectivity index (χ1n) is 10.9. The van der Waals surface area contributed by atoms with Crippen LogP contribution < -0.4 is 19.5 Å². The van der Waals surface area contributed by atoms with E-state index < -0.39 is 10.8 Å². The van der Waals surface area contributed by atoms with E-state index in [0.29, 0.717) is 36.1 Å². The van der Waals surface area contributed by atoms with Crippen LogP contribution in [-0.2, 0) is 0 Å². The van der Waals surface area contributed by atoms with Gasteiger partial charge >= 0.3 is 0 Å². The van der Waals surface area contributed by atoms with Crippen LogP contribution in [0.4, 0.5) is 11.4 Å². The lowest BCUT2D eigenvalue weighted by Gasteiger charge is -2.14. The van der Waals surface area contributed by atoms with Crippen molar-refractivity contribution in [2.24, 2.45) is 0 Å². The number of nitro groups is 1. The highest BCUT2D eigenvalue weighted by molar-refractivity contribution is 6.05. The Kier molecular flexibility index (Phi) is 8.01. The van der Waals surface area contributed by atoms with E-state index >= 15 is 0 Å². The number of hydrogen-bond acceptors (Lipinski definition) is 8. The van der Waals surface area contributed by atoms with Gasteiger partial charge in [-0.05, 0) is 31.9 Å². The molecular weight excluding hydrogens is 442 g/mol. The third-order valence-electron chi connectivity index (χ3n) is 4.84. The molecule has 11 nitrogen and oxygen atoms in total. The molecule has 0 aliphatic rings. The lowest BCUT2D eigenvalue weighted by molar-refractivity contribution is -0.384. The standard InChI is InChI=1S/C23H27N5O6/c1-5-10-33-20-13-18(19(28(30)31)14-21(20)34-11-6-2)24-23(29)22-15(3)27(26-25-22)16-8-7-9-17(12-16)32-4/h7-9,12-14H,5-6,10-11H2,1-4H3,(H,24,29). The highest BCUT2D eigenvalue weighted by Crippen LogP contribution is 2.38. The Morgan fingerprint density at radius 2 is 1.79 bits per heavy atom. The molecule has 3 rings (SSSR count). The normalized spacial score (nSPS) is 10.6. The maximum absolute atomic E-state index is 13.0. The third-order valence-corrected chi connectivity index (χ3v) is 4.84. The van der Waals surface area contributed by atoms with Crippen LogP contribution >= 0.6 is 0 Å². The number of carbonyl (C=O) groups excluding carboxylic acids is 1. The molecule has 0 fully saturated rings. The highest BCUT2D eigenvalue weighted by Gasteiger charge is 2.25. The SMILES string of the molecule is CCCOc1cc(NC(=O)c2nnn(-c3cccc(OC)c3)c2C)c([N+](=O)[O-])cc1OCCC. The van der Waals surface area contributed by atoms with Crippen LogP contribution in [0.5, 0.6) is 17.2 Å². The van der Waals surface area contributed by atoms with Crippen molar-refractivity contribution in [3.8, 4) is 22.9 Å². The maximum atomic E-state index is 13.0. The van der Waals surface area contributed by atoms with Crippen LogP contribution in [0.25, 0.3) is 5.69 Å². The summed E-state index contributed by atoms with van der Waals surface area (Å²) in [5.41, 5.74) is 0.793. The molecule has 2 aromatic carbocycles. The van der Waals surface area contributed by atoms with Crippen molar-refractivity contribution in [2.45, 2.75) is 33.6 Å². The fourth-order valence-electron chi connectivity index (χ4n) is 3.16. The minimum Gasteiger partial charge on any atom is -0.497 e. The lowest BCUT2D eigenvalue weighted by Crippen LogP contribution is -2.16. The van der Waals surface area contributed by atoms with E-state index in [-0.39, 0.29) is 22.8 Å². The van der Waals surface area contributed by atoms with Gasteiger partial charge in [-0.1, -0.05) is 25.1 Å². The minimum atomic E-state index is -0.640. The Morgan fingerprint density at radius 1 is 1.12 bits per heavy atom. The van der Waals surface area contributed by atoms with Gasteiger partial charge in [0.05, 0.1) is 42.7 Å². The van der Waals surface area contributed by atoms with Crippen LogP contribution in [0.2, 0.25) is 0 Å². The zero-order valence-corrected chi connectivity index (χ0v) is 19.5. The molecule has 1 amide bonds. The van der Waals surface area contributed by atoms with Crippen LogP contribution in [0.3, 0.4) is 0 Å². The number of amides is 1. The third kappa shape index (κ3) is 5.42. The van der Waals surface area contributed by atoms with Crippen LogP contribution in [0, 0.1) is 17.0 Å². The van der Waals surface area contributed by atoms with Crippen molar-refractivity contribution in [1.29, 1.82) is 0 Å². The molecule has 0 radical (unpaired) electrons. The van der Waals surface area contributed by atoms with Crippen molar-refractivity contribution in [3.05, 3.63) is 57.9 Å². The molecule has 0 unspecified atom stereocenters. The van der Waals surface area contributed by atoms with Gasteiger partial charge in [0.2, 0.25) is 0 Å². The van der Waals surface area contributed by atoms with Gasteiger partial charge in [0.1, 0.15) is 11.4 Å². The average Bonchev–Trinajstić information content (AvgIpc) is 3.23. The number of hydrogen-bond donors (Lipinski definition) is 1. The molecule has 0 saturated carbocycles. The smallest absolute Gasteiger partial charge is 0.296 e. The number of benzene rings is 2. The van der Waals surface area contributed by atoms with Gasteiger partial charge in [-0.15, -0.1) is 5.10 Å². The first-order chi connectivity index (χ1) is 16.4. The Labute approximate surface area is 196 Å². The molecule has 34 heavy (non-hydrogen) atoms. The van der Waals surface area contributed by atoms with Gasteiger partial charge in [-0.2, -0.15) is 0 Å². The van der Waals surface area contributed by atoms with Crippen LogP contribution in [0.1, 0.15) is 42.9 Å². The minimum absolute atomic E-state index is 0.0273. The van der Waals surface area contributed by atoms with E-state index in [0.717, 1.165) is 12.8 Å². The molecule has 0 saturated heterocycles. The largest absolute Gasteiger partial charge is 0.497 e. The first kappa shape index (κ1) is 24.5. The molecule has 0 aliphatic heterocycles. The fraction of sp³-hybridized carbons (Fsp3) is 0.348. The molecule has 11 heteroatoms. The second kappa shape index (κ2) is 11.1. The fourth-order valence-corrected chi connectivity index (χ4v) is 3.16. The monoisotopic (exact) mass is 469 g/mol. The van der Waals surface area contributed by atoms with E-state index in [9.17, 15) is 14.9 Å². The molecule has 1 heterocycles. The highest BCUT2D eigenvalue weighted by atomic mass is 16.6. The number of ether oxygens (including phenoxy) is 3. The van der Waals surface area contributed by atoms with Gasteiger partial charge in [-0.3, -0.25) is 14.9 Å². The van der Waals surface area contributed by atoms with Crippen LogP contribution in [0.15, 0.2) is 36.4 Å². The van der Waals surface area contributed by atoms with Crippen molar-refractivity contribution >= 4 is 17.3 Å². The summed E-state index contributed by atoms with van der Waals surface area (Å²) in [6.45, 7) is 6.31. The van der Waals surface area contributed by atoms with E-state index in [1.807, 2.05) is 13.8 Å². The average molecular weight is 469 g/mol. The number of rotatable bonds is 11. The molecule has 1 N–H and O–H groups in total. The predicted molar refractivity (Wildman–Crippen MR) is 125 cm³/mol. The van der Waals surface area contributed by atoms with Gasteiger partial charge in [0.15, 0.2) is 17.2 Å².